The molecule has 7 heteroatoms. The van der Waals surface area contributed by atoms with Crippen LogP contribution in [0.2, 0.25) is 0 Å². The average molecular weight is 245 g/mol. The number of rotatable bonds is 2. The van der Waals surface area contributed by atoms with E-state index in [1.807, 2.05) is 12.1 Å². The third-order valence-corrected chi connectivity index (χ3v) is 3.09. The number of hydrogen-bond acceptors (Lipinski definition) is 6. The molecule has 0 spiro atoms. The minimum absolute atomic E-state index is 0.679. The SMILES string of the molecule is Nc1cc(N2CCNCC2)ccc1-n1cnnn1. The molecule has 0 radical (unpaired) electrons. The smallest absolute Gasteiger partial charge is 0.143 e. The summed E-state index contributed by atoms with van der Waals surface area (Å²) in [5, 5.41) is 14.4. The molecule has 0 amide bonds. The highest BCUT2D eigenvalue weighted by Crippen LogP contribution is 2.23. The van der Waals surface area contributed by atoms with E-state index in [1.165, 1.54) is 6.33 Å². The fourth-order valence-electron chi connectivity index (χ4n) is 2.14. The Bertz CT molecular complexity index is 516. The van der Waals surface area contributed by atoms with Crippen molar-refractivity contribution in [1.82, 2.24) is 25.5 Å². The molecule has 2 aromatic rings. The van der Waals surface area contributed by atoms with E-state index in [4.69, 9.17) is 5.73 Å². The number of anilines is 2. The number of piperazine rings is 1. The summed E-state index contributed by atoms with van der Waals surface area (Å²) in [6.07, 6.45) is 1.54. The summed E-state index contributed by atoms with van der Waals surface area (Å²) in [4.78, 5) is 2.32. The van der Waals surface area contributed by atoms with Crippen LogP contribution in [0.5, 0.6) is 0 Å². The van der Waals surface area contributed by atoms with Crippen molar-refractivity contribution in [3.63, 3.8) is 0 Å². The van der Waals surface area contributed by atoms with Gasteiger partial charge >= 0.3 is 0 Å². The molecule has 1 fully saturated rings. The predicted molar refractivity (Wildman–Crippen MR) is 68.6 cm³/mol. The molecule has 3 rings (SSSR count). The lowest BCUT2D eigenvalue weighted by Crippen LogP contribution is -2.43. The highest BCUT2D eigenvalue weighted by atomic mass is 15.5. The van der Waals surface area contributed by atoms with E-state index in [0.717, 1.165) is 37.6 Å². The Kier molecular flexibility index (Phi) is 2.81. The molecule has 3 N–H and O–H groups in total. The minimum atomic E-state index is 0.679. The first-order valence-corrected chi connectivity index (χ1v) is 5.93. The number of benzene rings is 1. The maximum absolute atomic E-state index is 6.06. The van der Waals surface area contributed by atoms with Crippen molar-refractivity contribution in [2.45, 2.75) is 0 Å². The summed E-state index contributed by atoms with van der Waals surface area (Å²) < 4.78 is 1.57. The van der Waals surface area contributed by atoms with Crippen LogP contribution < -0.4 is 16.0 Å². The van der Waals surface area contributed by atoms with Gasteiger partial charge in [0.1, 0.15) is 6.33 Å². The first-order valence-electron chi connectivity index (χ1n) is 5.93. The Morgan fingerprint density at radius 3 is 2.72 bits per heavy atom. The van der Waals surface area contributed by atoms with E-state index in [2.05, 4.69) is 31.8 Å². The summed E-state index contributed by atoms with van der Waals surface area (Å²) in [7, 11) is 0. The van der Waals surface area contributed by atoms with Gasteiger partial charge in [-0.25, -0.2) is 0 Å². The maximum atomic E-state index is 6.06. The molecule has 0 bridgehead atoms. The molecule has 1 aromatic carbocycles. The lowest BCUT2D eigenvalue weighted by molar-refractivity contribution is 0.589. The van der Waals surface area contributed by atoms with Crippen LogP contribution in [-0.4, -0.2) is 46.4 Å². The number of nitrogens with two attached hydrogens (primary N) is 1. The van der Waals surface area contributed by atoms with Gasteiger partial charge < -0.3 is 16.0 Å². The highest BCUT2D eigenvalue weighted by Gasteiger charge is 2.12. The molecule has 0 atom stereocenters. The normalized spacial score (nSPS) is 15.9. The van der Waals surface area contributed by atoms with Crippen molar-refractivity contribution < 1.29 is 0 Å². The zero-order valence-electron chi connectivity index (χ0n) is 9.95. The van der Waals surface area contributed by atoms with Gasteiger partial charge in [0.25, 0.3) is 0 Å². The number of nitrogens with zero attached hydrogens (tertiary/aromatic N) is 5. The van der Waals surface area contributed by atoms with Gasteiger partial charge in [-0.1, -0.05) is 0 Å². The molecular weight excluding hydrogens is 230 g/mol. The maximum Gasteiger partial charge on any atom is 0.143 e. The first kappa shape index (κ1) is 11.0. The molecule has 0 aliphatic carbocycles. The van der Waals surface area contributed by atoms with Crippen LogP contribution in [0, 0.1) is 0 Å². The molecule has 7 nitrogen and oxygen atoms in total. The zero-order chi connectivity index (χ0) is 12.4. The van der Waals surface area contributed by atoms with Crippen LogP contribution in [0.25, 0.3) is 5.69 Å². The fourth-order valence-corrected chi connectivity index (χ4v) is 2.14. The van der Waals surface area contributed by atoms with Gasteiger partial charge in [0.05, 0.1) is 11.4 Å². The third-order valence-electron chi connectivity index (χ3n) is 3.09. The molecular formula is C11H15N7. The van der Waals surface area contributed by atoms with Crippen LogP contribution in [0.3, 0.4) is 0 Å². The zero-order valence-corrected chi connectivity index (χ0v) is 9.95. The number of hydrogen-bond donors (Lipinski definition) is 2. The van der Waals surface area contributed by atoms with Crippen molar-refractivity contribution in [1.29, 1.82) is 0 Å². The second-order valence-corrected chi connectivity index (χ2v) is 4.23. The molecule has 94 valence electrons. The largest absolute Gasteiger partial charge is 0.397 e. The Hall–Kier alpha value is -2.15. The first-order chi connectivity index (χ1) is 8.84. The summed E-state index contributed by atoms with van der Waals surface area (Å²) in [5.41, 5.74) is 8.69. The summed E-state index contributed by atoms with van der Waals surface area (Å²) >= 11 is 0. The summed E-state index contributed by atoms with van der Waals surface area (Å²) in [6.45, 7) is 4.02. The second kappa shape index (κ2) is 4.61. The van der Waals surface area contributed by atoms with Crippen molar-refractivity contribution in [3.05, 3.63) is 24.5 Å². The van der Waals surface area contributed by atoms with Crippen molar-refractivity contribution in [3.8, 4) is 5.69 Å². The molecule has 18 heavy (non-hydrogen) atoms. The van der Waals surface area contributed by atoms with Crippen molar-refractivity contribution in [2.75, 3.05) is 36.8 Å². The molecule has 0 unspecified atom stereocenters. The number of nitrogen functional groups attached to an aromatic ring is 1. The Morgan fingerprint density at radius 2 is 2.06 bits per heavy atom. The second-order valence-electron chi connectivity index (χ2n) is 4.23. The quantitative estimate of drug-likeness (QED) is 0.704. The van der Waals surface area contributed by atoms with Crippen LogP contribution >= 0.6 is 0 Å². The van der Waals surface area contributed by atoms with E-state index in [9.17, 15) is 0 Å². The highest BCUT2D eigenvalue weighted by molar-refractivity contribution is 5.66. The topological polar surface area (TPSA) is 84.9 Å². The number of aromatic nitrogens is 4. The van der Waals surface area contributed by atoms with E-state index in [0.29, 0.717) is 5.69 Å². The molecule has 1 saturated heterocycles. The van der Waals surface area contributed by atoms with Gasteiger partial charge in [-0.2, -0.15) is 4.68 Å². The Labute approximate surface area is 105 Å². The Morgan fingerprint density at radius 1 is 1.22 bits per heavy atom. The van der Waals surface area contributed by atoms with Crippen molar-refractivity contribution >= 4 is 11.4 Å². The minimum Gasteiger partial charge on any atom is -0.397 e. The van der Waals surface area contributed by atoms with Crippen LogP contribution in [0.4, 0.5) is 11.4 Å². The van der Waals surface area contributed by atoms with Gasteiger partial charge in [-0.3, -0.25) is 0 Å². The molecule has 1 aliphatic heterocycles. The standard InChI is InChI=1S/C11H15N7/c12-10-7-9(17-5-3-13-4-6-17)1-2-11(10)18-8-14-15-16-18/h1-2,7-8,13H,3-6,12H2. The van der Waals surface area contributed by atoms with Crippen LogP contribution in [0.1, 0.15) is 0 Å². The van der Waals surface area contributed by atoms with E-state index in [1.54, 1.807) is 4.68 Å². The van der Waals surface area contributed by atoms with Gasteiger partial charge in [-0.15, -0.1) is 5.10 Å². The van der Waals surface area contributed by atoms with E-state index >= 15 is 0 Å². The molecule has 1 aliphatic rings. The van der Waals surface area contributed by atoms with Gasteiger partial charge in [0.15, 0.2) is 0 Å². The molecule has 2 heterocycles. The molecule has 1 aromatic heterocycles. The summed E-state index contributed by atoms with van der Waals surface area (Å²) in [5.74, 6) is 0. The van der Waals surface area contributed by atoms with Gasteiger partial charge in [0.2, 0.25) is 0 Å². The summed E-state index contributed by atoms with van der Waals surface area (Å²) in [6, 6.07) is 5.98. The molecule has 0 saturated carbocycles. The number of nitrogens with one attached hydrogen (secondary N) is 1. The van der Waals surface area contributed by atoms with Gasteiger partial charge in [0, 0.05) is 31.9 Å². The average Bonchev–Trinajstić information content (AvgIpc) is 2.93. The third kappa shape index (κ3) is 2.00. The lowest BCUT2D eigenvalue weighted by atomic mass is 10.2. The van der Waals surface area contributed by atoms with Crippen LogP contribution in [0.15, 0.2) is 24.5 Å². The monoisotopic (exact) mass is 245 g/mol. The Balaban J connectivity index is 1.89. The predicted octanol–water partition coefficient (Wildman–Crippen LogP) is -0.346. The van der Waals surface area contributed by atoms with E-state index in [-0.39, 0.29) is 0 Å². The fraction of sp³-hybridized carbons (Fsp3) is 0.364. The van der Waals surface area contributed by atoms with Crippen molar-refractivity contribution in [2.24, 2.45) is 0 Å². The number of tetrazole rings is 1. The lowest BCUT2D eigenvalue weighted by Gasteiger charge is -2.29. The van der Waals surface area contributed by atoms with E-state index < -0.39 is 0 Å². The van der Waals surface area contributed by atoms with Gasteiger partial charge in [-0.05, 0) is 28.6 Å². The van der Waals surface area contributed by atoms with Crippen LogP contribution in [-0.2, 0) is 0 Å².